The summed E-state index contributed by atoms with van der Waals surface area (Å²) < 4.78 is 0. The summed E-state index contributed by atoms with van der Waals surface area (Å²) >= 11 is 0. The molecule has 2 unspecified atom stereocenters. The van der Waals surface area contributed by atoms with Gasteiger partial charge in [0.15, 0.2) is 0 Å². The van der Waals surface area contributed by atoms with Gasteiger partial charge in [-0.05, 0) is 33.1 Å². The molecule has 110 valence electrons. The first-order valence-corrected chi connectivity index (χ1v) is 7.36. The number of hydrogen-bond acceptors (Lipinski definition) is 3. The van der Waals surface area contributed by atoms with Crippen LogP contribution in [0.4, 0.5) is 0 Å². The van der Waals surface area contributed by atoms with Crippen LogP contribution in [-0.4, -0.2) is 48.4 Å². The number of rotatable bonds is 7. The Kier molecular flexibility index (Phi) is 6.84. The smallest absolute Gasteiger partial charge is 0.237 e. The van der Waals surface area contributed by atoms with Gasteiger partial charge in [0, 0.05) is 32.1 Å². The first-order chi connectivity index (χ1) is 9.04. The van der Waals surface area contributed by atoms with Gasteiger partial charge in [-0.2, -0.15) is 0 Å². The van der Waals surface area contributed by atoms with E-state index in [0.29, 0.717) is 13.0 Å². The van der Waals surface area contributed by atoms with E-state index in [4.69, 9.17) is 0 Å². The van der Waals surface area contributed by atoms with Crippen LogP contribution in [0, 0.1) is 0 Å². The van der Waals surface area contributed by atoms with E-state index in [2.05, 4.69) is 10.6 Å². The van der Waals surface area contributed by atoms with Crippen molar-refractivity contribution in [2.75, 3.05) is 19.6 Å². The SMILES string of the molecule is CCC(C)NC(=O)C(C)NCCC(=O)N1CCCC1. The zero-order chi connectivity index (χ0) is 14.3. The van der Waals surface area contributed by atoms with Gasteiger partial charge >= 0.3 is 0 Å². The second kappa shape index (κ2) is 8.15. The van der Waals surface area contributed by atoms with E-state index in [0.717, 1.165) is 32.4 Å². The Morgan fingerprint density at radius 3 is 2.42 bits per heavy atom. The second-order valence-corrected chi connectivity index (χ2v) is 5.33. The lowest BCUT2D eigenvalue weighted by Crippen LogP contribution is -2.46. The van der Waals surface area contributed by atoms with Crippen LogP contribution in [0.3, 0.4) is 0 Å². The molecule has 1 saturated heterocycles. The molecule has 2 N–H and O–H groups in total. The third kappa shape index (κ3) is 5.59. The molecular weight excluding hydrogens is 242 g/mol. The molecule has 5 heteroatoms. The molecule has 2 atom stereocenters. The van der Waals surface area contributed by atoms with Gasteiger partial charge < -0.3 is 15.5 Å². The third-order valence-corrected chi connectivity index (χ3v) is 3.64. The van der Waals surface area contributed by atoms with Crippen molar-refractivity contribution in [1.82, 2.24) is 15.5 Å². The Morgan fingerprint density at radius 2 is 1.84 bits per heavy atom. The number of nitrogens with zero attached hydrogens (tertiary/aromatic N) is 1. The third-order valence-electron chi connectivity index (χ3n) is 3.64. The Balaban J connectivity index is 2.17. The molecule has 1 heterocycles. The maximum Gasteiger partial charge on any atom is 0.237 e. The summed E-state index contributed by atoms with van der Waals surface area (Å²) in [4.78, 5) is 25.5. The minimum Gasteiger partial charge on any atom is -0.352 e. The molecule has 1 rings (SSSR count). The highest BCUT2D eigenvalue weighted by Crippen LogP contribution is 2.08. The van der Waals surface area contributed by atoms with Gasteiger partial charge in [-0.3, -0.25) is 9.59 Å². The summed E-state index contributed by atoms with van der Waals surface area (Å²) in [6, 6.07) is -0.0524. The molecule has 0 aromatic heterocycles. The van der Waals surface area contributed by atoms with E-state index < -0.39 is 0 Å². The highest BCUT2D eigenvalue weighted by atomic mass is 16.2. The maximum absolute atomic E-state index is 11.8. The van der Waals surface area contributed by atoms with Gasteiger partial charge in [-0.1, -0.05) is 6.92 Å². The topological polar surface area (TPSA) is 61.4 Å². The van der Waals surface area contributed by atoms with Crippen LogP contribution < -0.4 is 10.6 Å². The van der Waals surface area contributed by atoms with Crippen molar-refractivity contribution >= 4 is 11.8 Å². The van der Waals surface area contributed by atoms with Gasteiger partial charge in [0.05, 0.1) is 6.04 Å². The Labute approximate surface area is 116 Å². The Bertz CT molecular complexity index is 301. The number of likely N-dealkylation sites (tertiary alicyclic amines) is 1. The Morgan fingerprint density at radius 1 is 1.21 bits per heavy atom. The van der Waals surface area contributed by atoms with Crippen LogP contribution in [-0.2, 0) is 9.59 Å². The minimum absolute atomic E-state index is 0.00275. The minimum atomic E-state index is -0.250. The number of carbonyl (C=O) groups is 2. The molecule has 0 aromatic rings. The summed E-state index contributed by atoms with van der Waals surface area (Å²) in [5, 5.41) is 6.03. The molecule has 0 bridgehead atoms. The summed E-state index contributed by atoms with van der Waals surface area (Å²) in [6.07, 6.45) is 3.63. The standard InChI is InChI=1S/C14H27N3O2/c1-4-11(2)16-14(19)12(3)15-8-7-13(18)17-9-5-6-10-17/h11-12,15H,4-10H2,1-3H3,(H,16,19). The van der Waals surface area contributed by atoms with Crippen molar-refractivity contribution in [3.05, 3.63) is 0 Å². The summed E-state index contributed by atoms with van der Waals surface area (Å²) in [6.45, 7) is 8.20. The lowest BCUT2D eigenvalue weighted by molar-refractivity contribution is -0.130. The van der Waals surface area contributed by atoms with Crippen molar-refractivity contribution < 1.29 is 9.59 Å². The van der Waals surface area contributed by atoms with Crippen LogP contribution >= 0.6 is 0 Å². The van der Waals surface area contributed by atoms with Gasteiger partial charge in [-0.15, -0.1) is 0 Å². The second-order valence-electron chi connectivity index (χ2n) is 5.33. The summed E-state index contributed by atoms with van der Waals surface area (Å²) in [7, 11) is 0. The predicted octanol–water partition coefficient (Wildman–Crippen LogP) is 0.892. The van der Waals surface area contributed by atoms with Crippen molar-refractivity contribution in [3.63, 3.8) is 0 Å². The first kappa shape index (κ1) is 16.0. The fraction of sp³-hybridized carbons (Fsp3) is 0.857. The number of nitrogens with one attached hydrogen (secondary N) is 2. The Hall–Kier alpha value is -1.10. The zero-order valence-electron chi connectivity index (χ0n) is 12.4. The van der Waals surface area contributed by atoms with E-state index in [1.165, 1.54) is 0 Å². The normalized spacial score (nSPS) is 18.2. The molecule has 1 aliphatic rings. The molecular formula is C14H27N3O2. The average molecular weight is 269 g/mol. The lowest BCUT2D eigenvalue weighted by Gasteiger charge is -2.19. The van der Waals surface area contributed by atoms with Crippen LogP contribution in [0.5, 0.6) is 0 Å². The molecule has 0 aromatic carbocycles. The van der Waals surface area contributed by atoms with Crippen LogP contribution in [0.1, 0.15) is 46.5 Å². The quantitative estimate of drug-likeness (QED) is 0.721. The molecule has 0 saturated carbocycles. The molecule has 0 radical (unpaired) electrons. The molecule has 1 aliphatic heterocycles. The molecule has 1 fully saturated rings. The van der Waals surface area contributed by atoms with Crippen LogP contribution in [0.25, 0.3) is 0 Å². The van der Waals surface area contributed by atoms with Crippen molar-refractivity contribution in [3.8, 4) is 0 Å². The predicted molar refractivity (Wildman–Crippen MR) is 75.8 cm³/mol. The van der Waals surface area contributed by atoms with E-state index in [1.54, 1.807) is 0 Å². The number of hydrogen-bond donors (Lipinski definition) is 2. The number of carbonyl (C=O) groups excluding carboxylic acids is 2. The maximum atomic E-state index is 11.8. The van der Waals surface area contributed by atoms with E-state index >= 15 is 0 Å². The van der Waals surface area contributed by atoms with Crippen molar-refractivity contribution in [1.29, 1.82) is 0 Å². The zero-order valence-corrected chi connectivity index (χ0v) is 12.4. The van der Waals surface area contributed by atoms with Crippen LogP contribution in [0.2, 0.25) is 0 Å². The van der Waals surface area contributed by atoms with E-state index in [1.807, 2.05) is 25.7 Å². The fourth-order valence-electron chi connectivity index (χ4n) is 2.08. The van der Waals surface area contributed by atoms with Gasteiger partial charge in [0.25, 0.3) is 0 Å². The fourth-order valence-corrected chi connectivity index (χ4v) is 2.08. The number of amides is 2. The van der Waals surface area contributed by atoms with Gasteiger partial charge in [-0.25, -0.2) is 0 Å². The molecule has 19 heavy (non-hydrogen) atoms. The summed E-state index contributed by atoms with van der Waals surface area (Å²) in [5.41, 5.74) is 0. The highest BCUT2D eigenvalue weighted by molar-refractivity contribution is 5.81. The first-order valence-electron chi connectivity index (χ1n) is 7.36. The highest BCUT2D eigenvalue weighted by Gasteiger charge is 2.18. The molecule has 0 spiro atoms. The van der Waals surface area contributed by atoms with E-state index in [9.17, 15) is 9.59 Å². The van der Waals surface area contributed by atoms with Crippen molar-refractivity contribution in [2.45, 2.75) is 58.5 Å². The van der Waals surface area contributed by atoms with Crippen LogP contribution in [0.15, 0.2) is 0 Å². The summed E-state index contributed by atoms with van der Waals surface area (Å²) in [5.74, 6) is 0.197. The monoisotopic (exact) mass is 269 g/mol. The molecule has 5 nitrogen and oxygen atoms in total. The molecule has 0 aliphatic carbocycles. The largest absolute Gasteiger partial charge is 0.352 e. The van der Waals surface area contributed by atoms with Gasteiger partial charge in [0.1, 0.15) is 0 Å². The van der Waals surface area contributed by atoms with Gasteiger partial charge in [0.2, 0.25) is 11.8 Å². The average Bonchev–Trinajstić information content (AvgIpc) is 2.92. The molecule has 2 amide bonds. The van der Waals surface area contributed by atoms with E-state index in [-0.39, 0.29) is 23.9 Å². The lowest BCUT2D eigenvalue weighted by atomic mass is 10.2. The van der Waals surface area contributed by atoms with Crippen molar-refractivity contribution in [2.24, 2.45) is 0 Å².